The number of rotatable bonds is 5. The van der Waals surface area contributed by atoms with Gasteiger partial charge in [0.05, 0.1) is 6.04 Å². The predicted octanol–water partition coefficient (Wildman–Crippen LogP) is 1.22. The zero-order chi connectivity index (χ0) is 18.0. The number of nitrogens with zero attached hydrogens (tertiary/aromatic N) is 1. The summed E-state index contributed by atoms with van der Waals surface area (Å²) in [6.07, 6.45) is 1.66. The van der Waals surface area contributed by atoms with Crippen LogP contribution in [0.5, 0.6) is 5.75 Å². The van der Waals surface area contributed by atoms with Gasteiger partial charge >= 0.3 is 6.03 Å². The Hall–Kier alpha value is -2.57. The van der Waals surface area contributed by atoms with Crippen LogP contribution in [0, 0.1) is 0 Å². The molecule has 2 N–H and O–H groups in total. The normalized spacial score (nSPS) is 21.4. The highest BCUT2D eigenvalue weighted by Crippen LogP contribution is 2.25. The Morgan fingerprint density at radius 2 is 2.04 bits per heavy atom. The molecule has 0 radical (unpaired) electrons. The molecule has 1 saturated heterocycles. The second-order valence-electron chi connectivity index (χ2n) is 6.50. The van der Waals surface area contributed by atoms with E-state index in [1.807, 2.05) is 38.1 Å². The molecule has 0 unspecified atom stereocenters. The van der Waals surface area contributed by atoms with Crippen molar-refractivity contribution >= 4 is 17.8 Å². The number of imide groups is 1. The molecule has 4 amide bonds. The van der Waals surface area contributed by atoms with Gasteiger partial charge in [-0.15, -0.1) is 0 Å². The van der Waals surface area contributed by atoms with Gasteiger partial charge in [0, 0.05) is 0 Å². The second-order valence-corrected chi connectivity index (χ2v) is 6.50. The lowest BCUT2D eigenvalue weighted by Crippen LogP contribution is -2.49. The number of carbonyl (C=O) groups is 3. The number of hydrogen-bond donors (Lipinski definition) is 2. The van der Waals surface area contributed by atoms with Crippen LogP contribution in [0.1, 0.15) is 32.3 Å². The van der Waals surface area contributed by atoms with E-state index in [1.165, 1.54) is 0 Å². The minimum Gasteiger partial charge on any atom is -0.491 e. The van der Waals surface area contributed by atoms with Crippen LogP contribution in [-0.4, -0.2) is 47.5 Å². The monoisotopic (exact) mass is 345 g/mol. The fourth-order valence-corrected chi connectivity index (χ4v) is 3.39. The number of urea groups is 1. The molecule has 0 spiro atoms. The van der Waals surface area contributed by atoms with Crippen molar-refractivity contribution in [3.63, 3.8) is 0 Å². The first-order chi connectivity index (χ1) is 12.0. The molecule has 1 fully saturated rings. The lowest BCUT2D eigenvalue weighted by Gasteiger charge is -2.27. The molecule has 1 atom stereocenters. The molecule has 2 aliphatic rings. The van der Waals surface area contributed by atoms with Crippen molar-refractivity contribution in [1.82, 2.24) is 15.5 Å². The molecule has 0 aromatic heterocycles. The van der Waals surface area contributed by atoms with Crippen LogP contribution in [0.4, 0.5) is 4.79 Å². The quantitative estimate of drug-likeness (QED) is 0.786. The standard InChI is InChI=1S/C18H23N3O4/c1-3-18(4-2)16(23)21(17(24)20-18)10-15(22)19-13-9-12-7-5-6-8-14(12)25-11-13/h5-8,13H,3-4,9-11H2,1-2H3,(H,19,22)(H,20,24)/t13-/m1/s1. The molecular formula is C18H23N3O4. The fourth-order valence-electron chi connectivity index (χ4n) is 3.39. The van der Waals surface area contributed by atoms with Crippen molar-refractivity contribution in [2.24, 2.45) is 0 Å². The maximum Gasteiger partial charge on any atom is 0.325 e. The summed E-state index contributed by atoms with van der Waals surface area (Å²) < 4.78 is 5.64. The predicted molar refractivity (Wildman–Crippen MR) is 91.1 cm³/mol. The van der Waals surface area contributed by atoms with Crippen molar-refractivity contribution in [1.29, 1.82) is 0 Å². The molecular weight excluding hydrogens is 322 g/mol. The average Bonchev–Trinajstić information content (AvgIpc) is 2.86. The van der Waals surface area contributed by atoms with Gasteiger partial charge in [0.2, 0.25) is 5.91 Å². The molecule has 0 aliphatic carbocycles. The van der Waals surface area contributed by atoms with Gasteiger partial charge in [-0.2, -0.15) is 0 Å². The molecule has 1 aromatic carbocycles. The van der Waals surface area contributed by atoms with Crippen LogP contribution in [0.15, 0.2) is 24.3 Å². The molecule has 7 nitrogen and oxygen atoms in total. The SMILES string of the molecule is CCC1(CC)NC(=O)N(CC(=O)N[C@H]2COc3ccccc3C2)C1=O. The summed E-state index contributed by atoms with van der Waals surface area (Å²) in [5.41, 5.74) is 0.148. The highest BCUT2D eigenvalue weighted by Gasteiger charge is 2.49. The van der Waals surface area contributed by atoms with Crippen LogP contribution in [0.3, 0.4) is 0 Å². The highest BCUT2D eigenvalue weighted by atomic mass is 16.5. The summed E-state index contributed by atoms with van der Waals surface area (Å²) in [4.78, 5) is 37.9. The molecule has 3 rings (SSSR count). The summed E-state index contributed by atoms with van der Waals surface area (Å²) in [5, 5.41) is 5.57. The van der Waals surface area contributed by atoms with Crippen LogP contribution in [-0.2, 0) is 16.0 Å². The number of hydrogen-bond acceptors (Lipinski definition) is 4. The smallest absolute Gasteiger partial charge is 0.325 e. The Balaban J connectivity index is 1.60. The van der Waals surface area contributed by atoms with Crippen LogP contribution in [0.2, 0.25) is 0 Å². The third kappa shape index (κ3) is 3.18. The first-order valence-corrected chi connectivity index (χ1v) is 8.63. The van der Waals surface area contributed by atoms with Crippen molar-refractivity contribution in [2.75, 3.05) is 13.2 Å². The first-order valence-electron chi connectivity index (χ1n) is 8.63. The van der Waals surface area contributed by atoms with Gasteiger partial charge in [0.15, 0.2) is 0 Å². The third-order valence-corrected chi connectivity index (χ3v) is 5.00. The van der Waals surface area contributed by atoms with Gasteiger partial charge in [0.25, 0.3) is 5.91 Å². The minimum absolute atomic E-state index is 0.176. The molecule has 2 heterocycles. The average molecular weight is 345 g/mol. The summed E-state index contributed by atoms with van der Waals surface area (Å²) in [5.74, 6) is 0.139. The number of benzene rings is 1. The number of ether oxygens (including phenoxy) is 1. The molecule has 0 saturated carbocycles. The Morgan fingerprint density at radius 3 is 2.72 bits per heavy atom. The highest BCUT2D eigenvalue weighted by molar-refractivity contribution is 6.09. The van der Waals surface area contributed by atoms with E-state index >= 15 is 0 Å². The van der Waals surface area contributed by atoms with E-state index in [1.54, 1.807) is 0 Å². The van der Waals surface area contributed by atoms with E-state index in [0.717, 1.165) is 16.2 Å². The van der Waals surface area contributed by atoms with Gasteiger partial charge in [-0.1, -0.05) is 32.0 Å². The van der Waals surface area contributed by atoms with Gasteiger partial charge in [-0.25, -0.2) is 4.79 Å². The zero-order valence-electron chi connectivity index (χ0n) is 14.5. The van der Waals surface area contributed by atoms with Crippen molar-refractivity contribution in [3.05, 3.63) is 29.8 Å². The van der Waals surface area contributed by atoms with Gasteiger partial charge in [-0.3, -0.25) is 14.5 Å². The van der Waals surface area contributed by atoms with Crippen LogP contribution < -0.4 is 15.4 Å². The summed E-state index contributed by atoms with van der Waals surface area (Å²) >= 11 is 0. The molecule has 2 aliphatic heterocycles. The zero-order valence-corrected chi connectivity index (χ0v) is 14.5. The number of para-hydroxylation sites is 1. The van der Waals surface area contributed by atoms with Gasteiger partial charge in [-0.05, 0) is 30.9 Å². The Labute approximate surface area is 146 Å². The van der Waals surface area contributed by atoms with Crippen LogP contribution >= 0.6 is 0 Å². The number of carbonyl (C=O) groups excluding carboxylic acids is 3. The van der Waals surface area contributed by atoms with E-state index in [0.29, 0.717) is 25.9 Å². The van der Waals surface area contributed by atoms with Crippen LogP contribution in [0.25, 0.3) is 0 Å². The lowest BCUT2D eigenvalue weighted by atomic mass is 9.93. The maximum absolute atomic E-state index is 12.5. The van der Waals surface area contributed by atoms with Crippen molar-refractivity contribution in [3.8, 4) is 5.75 Å². The van der Waals surface area contributed by atoms with E-state index in [4.69, 9.17) is 4.74 Å². The third-order valence-electron chi connectivity index (χ3n) is 5.00. The topological polar surface area (TPSA) is 87.7 Å². The Morgan fingerprint density at radius 1 is 1.32 bits per heavy atom. The van der Waals surface area contributed by atoms with E-state index < -0.39 is 11.6 Å². The Bertz CT molecular complexity index is 699. The lowest BCUT2D eigenvalue weighted by molar-refractivity contribution is -0.135. The van der Waals surface area contributed by atoms with E-state index in [-0.39, 0.29) is 24.4 Å². The van der Waals surface area contributed by atoms with Gasteiger partial charge < -0.3 is 15.4 Å². The van der Waals surface area contributed by atoms with Crippen molar-refractivity contribution < 1.29 is 19.1 Å². The summed E-state index contributed by atoms with van der Waals surface area (Å²) in [7, 11) is 0. The number of nitrogens with one attached hydrogen (secondary N) is 2. The van der Waals surface area contributed by atoms with Gasteiger partial charge in [0.1, 0.15) is 24.4 Å². The van der Waals surface area contributed by atoms with E-state index in [2.05, 4.69) is 10.6 Å². The largest absolute Gasteiger partial charge is 0.491 e. The Kier molecular flexibility index (Phi) is 4.65. The second kappa shape index (κ2) is 6.74. The first kappa shape index (κ1) is 17.3. The molecule has 7 heteroatoms. The molecule has 25 heavy (non-hydrogen) atoms. The van der Waals surface area contributed by atoms with Crippen molar-refractivity contribution in [2.45, 2.75) is 44.7 Å². The fraction of sp³-hybridized carbons (Fsp3) is 0.500. The molecule has 0 bridgehead atoms. The minimum atomic E-state index is -0.885. The molecule has 1 aromatic rings. The van der Waals surface area contributed by atoms with E-state index in [9.17, 15) is 14.4 Å². The molecule has 134 valence electrons. The number of fused-ring (bicyclic) bond motifs is 1. The number of amides is 4. The summed E-state index contributed by atoms with van der Waals surface area (Å²) in [6.45, 7) is 3.80. The summed E-state index contributed by atoms with van der Waals surface area (Å²) in [6, 6.07) is 7.01. The maximum atomic E-state index is 12.5.